The van der Waals surface area contributed by atoms with Gasteiger partial charge in [0.15, 0.2) is 0 Å². The fourth-order valence-electron chi connectivity index (χ4n) is 4.45. The van der Waals surface area contributed by atoms with Gasteiger partial charge in [0.2, 0.25) is 0 Å². The molecule has 1 N–H and O–H groups in total. The number of furan rings is 1. The first-order chi connectivity index (χ1) is 18.2. The van der Waals surface area contributed by atoms with E-state index in [1.165, 1.54) is 12.1 Å². The summed E-state index contributed by atoms with van der Waals surface area (Å²) in [6.45, 7) is 3.92. The molecule has 2 heterocycles. The minimum absolute atomic E-state index is 0.151. The van der Waals surface area contributed by atoms with Crippen LogP contribution in [0.25, 0.3) is 5.76 Å². The molecule has 4 aromatic rings. The lowest BCUT2D eigenvalue weighted by Crippen LogP contribution is -2.29. The monoisotopic (exact) mass is 531 g/mol. The summed E-state index contributed by atoms with van der Waals surface area (Å²) in [6, 6.07) is 20.7. The molecule has 3 aromatic carbocycles. The molecule has 0 radical (unpaired) electrons. The van der Waals surface area contributed by atoms with Crippen LogP contribution in [0.3, 0.4) is 0 Å². The van der Waals surface area contributed by atoms with Gasteiger partial charge in [-0.25, -0.2) is 4.39 Å². The number of nitrogens with zero attached hydrogens (tertiary/aromatic N) is 1. The molecule has 1 aromatic heterocycles. The number of anilines is 1. The van der Waals surface area contributed by atoms with Gasteiger partial charge < -0.3 is 14.3 Å². The van der Waals surface area contributed by atoms with Crippen LogP contribution in [0.5, 0.6) is 5.75 Å². The van der Waals surface area contributed by atoms with Crippen LogP contribution in [0.1, 0.15) is 34.3 Å². The van der Waals surface area contributed by atoms with Crippen molar-refractivity contribution >= 4 is 34.7 Å². The maximum atomic E-state index is 13.9. The van der Waals surface area contributed by atoms with Crippen LogP contribution in [-0.2, 0) is 16.2 Å². The lowest BCUT2D eigenvalue weighted by atomic mass is 9.98. The van der Waals surface area contributed by atoms with Gasteiger partial charge in [0, 0.05) is 11.3 Å². The number of aliphatic hydroxyl groups is 1. The van der Waals surface area contributed by atoms with E-state index in [9.17, 15) is 19.1 Å². The summed E-state index contributed by atoms with van der Waals surface area (Å²) in [7, 11) is 0. The molecule has 1 fully saturated rings. The smallest absolute Gasteiger partial charge is 0.300 e. The first-order valence-corrected chi connectivity index (χ1v) is 12.2. The summed E-state index contributed by atoms with van der Waals surface area (Å²) in [5, 5.41) is 11.1. The Labute approximate surface area is 223 Å². The van der Waals surface area contributed by atoms with Gasteiger partial charge in [0.25, 0.3) is 11.7 Å². The number of rotatable bonds is 6. The normalized spacial score (nSPS) is 16.7. The highest BCUT2D eigenvalue weighted by atomic mass is 35.5. The number of hydrogen-bond donors (Lipinski definition) is 1. The Morgan fingerprint density at radius 1 is 1.03 bits per heavy atom. The SMILES string of the molecule is Cc1ccc(C2/C(=C(/O)c3ccc(OCc4ccccc4)c(C)c3)C(=O)C(=O)N2c2ccc(F)c(Cl)c2)o1. The molecular weight excluding hydrogens is 509 g/mol. The fraction of sp³-hybridized carbons (Fsp3) is 0.133. The number of aliphatic hydroxyl groups excluding tert-OH is 1. The van der Waals surface area contributed by atoms with Crippen molar-refractivity contribution in [1.29, 1.82) is 0 Å². The summed E-state index contributed by atoms with van der Waals surface area (Å²) in [4.78, 5) is 27.6. The molecule has 1 unspecified atom stereocenters. The molecule has 38 heavy (non-hydrogen) atoms. The van der Waals surface area contributed by atoms with Crippen LogP contribution < -0.4 is 9.64 Å². The minimum atomic E-state index is -1.08. The lowest BCUT2D eigenvalue weighted by Gasteiger charge is -2.23. The first-order valence-electron chi connectivity index (χ1n) is 11.8. The van der Waals surface area contributed by atoms with Crippen molar-refractivity contribution < 1.29 is 28.2 Å². The van der Waals surface area contributed by atoms with Crippen LogP contribution in [0, 0.1) is 19.7 Å². The quantitative estimate of drug-likeness (QED) is 0.166. The second kappa shape index (κ2) is 10.2. The molecule has 1 amide bonds. The van der Waals surface area contributed by atoms with Crippen LogP contribution in [0.4, 0.5) is 10.1 Å². The number of benzene rings is 3. The van der Waals surface area contributed by atoms with Crippen molar-refractivity contribution in [2.75, 3.05) is 4.90 Å². The van der Waals surface area contributed by atoms with Crippen LogP contribution in [0.2, 0.25) is 5.02 Å². The number of ether oxygens (including phenoxy) is 1. The highest BCUT2D eigenvalue weighted by Gasteiger charge is 2.48. The van der Waals surface area contributed by atoms with Crippen molar-refractivity contribution in [2.45, 2.75) is 26.5 Å². The molecule has 0 aliphatic carbocycles. The van der Waals surface area contributed by atoms with Gasteiger partial charge in [-0.3, -0.25) is 14.5 Å². The van der Waals surface area contributed by atoms with E-state index >= 15 is 0 Å². The first kappa shape index (κ1) is 25.3. The van der Waals surface area contributed by atoms with Crippen molar-refractivity contribution in [2.24, 2.45) is 0 Å². The van der Waals surface area contributed by atoms with E-state index in [1.54, 1.807) is 37.3 Å². The van der Waals surface area contributed by atoms with E-state index in [1.807, 2.05) is 37.3 Å². The van der Waals surface area contributed by atoms with E-state index in [0.717, 1.165) is 22.1 Å². The Kier molecular flexibility index (Phi) is 6.78. The molecule has 5 rings (SSSR count). The molecule has 8 heteroatoms. The Morgan fingerprint density at radius 2 is 1.79 bits per heavy atom. The molecule has 192 valence electrons. The highest BCUT2D eigenvalue weighted by molar-refractivity contribution is 6.51. The molecule has 1 aliphatic heterocycles. The van der Waals surface area contributed by atoms with E-state index in [4.69, 9.17) is 20.8 Å². The van der Waals surface area contributed by atoms with Crippen molar-refractivity contribution in [3.63, 3.8) is 0 Å². The zero-order chi connectivity index (χ0) is 27.0. The molecule has 6 nitrogen and oxygen atoms in total. The summed E-state index contributed by atoms with van der Waals surface area (Å²) in [5.74, 6) is -1.39. The van der Waals surface area contributed by atoms with E-state index < -0.39 is 23.5 Å². The van der Waals surface area contributed by atoms with E-state index in [2.05, 4.69) is 0 Å². The number of hydrogen-bond acceptors (Lipinski definition) is 5. The van der Waals surface area contributed by atoms with Crippen LogP contribution in [0.15, 0.2) is 88.9 Å². The summed E-state index contributed by atoms with van der Waals surface area (Å²) >= 11 is 5.97. The van der Waals surface area contributed by atoms with E-state index in [-0.39, 0.29) is 27.8 Å². The molecule has 0 bridgehead atoms. The minimum Gasteiger partial charge on any atom is -0.507 e. The summed E-state index contributed by atoms with van der Waals surface area (Å²) < 4.78 is 25.6. The number of Topliss-reactive ketones (excluding diaryl/α,β-unsaturated/α-hetero) is 1. The van der Waals surface area contributed by atoms with Crippen LogP contribution >= 0.6 is 11.6 Å². The average molecular weight is 532 g/mol. The average Bonchev–Trinajstić information content (AvgIpc) is 3.45. The van der Waals surface area contributed by atoms with Gasteiger partial charge in [-0.15, -0.1) is 0 Å². The third kappa shape index (κ3) is 4.68. The van der Waals surface area contributed by atoms with Gasteiger partial charge >= 0.3 is 0 Å². The largest absolute Gasteiger partial charge is 0.507 e. The number of halogens is 2. The van der Waals surface area contributed by atoms with Crippen LogP contribution in [-0.4, -0.2) is 16.8 Å². The predicted molar refractivity (Wildman–Crippen MR) is 142 cm³/mol. The van der Waals surface area contributed by atoms with Crippen molar-refractivity contribution in [3.8, 4) is 5.75 Å². The number of aryl methyl sites for hydroxylation is 2. The molecule has 1 aliphatic rings. The predicted octanol–water partition coefficient (Wildman–Crippen LogP) is 6.89. The van der Waals surface area contributed by atoms with Crippen molar-refractivity contribution in [3.05, 3.63) is 123 Å². The Bertz CT molecular complexity index is 1580. The Balaban J connectivity index is 1.55. The van der Waals surface area contributed by atoms with Gasteiger partial charge in [-0.05, 0) is 73.5 Å². The number of carbonyl (C=O) groups excluding carboxylic acids is 2. The van der Waals surface area contributed by atoms with Crippen molar-refractivity contribution in [1.82, 2.24) is 0 Å². The standard InChI is InChI=1S/C30H23ClFNO5/c1-17-14-20(9-13-24(17)37-16-19-6-4-3-5-7-19)28(34)26-27(25-12-8-18(2)38-25)33(30(36)29(26)35)21-10-11-23(32)22(31)15-21/h3-15,27,34H,16H2,1-2H3/b28-26-. The third-order valence-electron chi connectivity index (χ3n) is 6.34. The second-order valence-corrected chi connectivity index (χ2v) is 9.38. The lowest BCUT2D eigenvalue weighted by molar-refractivity contribution is -0.132. The van der Waals surface area contributed by atoms with Gasteiger partial charge in [-0.1, -0.05) is 41.9 Å². The Hall–Kier alpha value is -4.36. The Morgan fingerprint density at radius 3 is 2.45 bits per heavy atom. The molecular formula is C30H23ClFNO5. The molecule has 0 spiro atoms. The maximum absolute atomic E-state index is 13.9. The second-order valence-electron chi connectivity index (χ2n) is 8.97. The van der Waals surface area contributed by atoms with Gasteiger partial charge in [0.05, 0.1) is 10.6 Å². The highest BCUT2D eigenvalue weighted by Crippen LogP contribution is 2.43. The number of amides is 1. The number of ketones is 1. The van der Waals surface area contributed by atoms with Gasteiger partial charge in [0.1, 0.15) is 41.5 Å². The molecule has 0 saturated carbocycles. The third-order valence-corrected chi connectivity index (χ3v) is 6.63. The zero-order valence-electron chi connectivity index (χ0n) is 20.6. The van der Waals surface area contributed by atoms with Gasteiger partial charge in [-0.2, -0.15) is 0 Å². The maximum Gasteiger partial charge on any atom is 0.300 e. The number of carbonyl (C=O) groups is 2. The van der Waals surface area contributed by atoms with E-state index in [0.29, 0.717) is 23.7 Å². The zero-order valence-corrected chi connectivity index (χ0v) is 21.3. The topological polar surface area (TPSA) is 80.0 Å². The molecule has 1 saturated heterocycles. The molecule has 1 atom stereocenters. The summed E-state index contributed by atoms with van der Waals surface area (Å²) in [6.07, 6.45) is 0. The fourth-order valence-corrected chi connectivity index (χ4v) is 4.63. The summed E-state index contributed by atoms with van der Waals surface area (Å²) in [5.41, 5.74) is 2.11.